The standard InChI is InChI=1S/C15H20N2O3/c1-10-6-7-11(14(16)18)13(9-10)17-8-4-2-3-5-12(17)15(19)20/h6-7,9,12H,2-5,8H2,1H3,(H2,16,18)(H,19,20). The topological polar surface area (TPSA) is 83.6 Å². The van der Waals surface area contributed by atoms with Crippen LogP contribution in [0.25, 0.3) is 0 Å². The van der Waals surface area contributed by atoms with Gasteiger partial charge in [0.15, 0.2) is 0 Å². The van der Waals surface area contributed by atoms with Crippen molar-refractivity contribution < 1.29 is 14.7 Å². The fourth-order valence-corrected chi connectivity index (χ4v) is 2.74. The van der Waals surface area contributed by atoms with Crippen LogP contribution in [0, 0.1) is 6.92 Å². The second kappa shape index (κ2) is 5.94. The van der Waals surface area contributed by atoms with Crippen LogP contribution in [0.15, 0.2) is 18.2 Å². The van der Waals surface area contributed by atoms with Crippen LogP contribution in [-0.4, -0.2) is 29.6 Å². The molecular formula is C15H20N2O3. The molecule has 0 spiro atoms. The van der Waals surface area contributed by atoms with Crippen molar-refractivity contribution in [2.45, 2.75) is 38.6 Å². The van der Waals surface area contributed by atoms with Crippen molar-refractivity contribution in [1.82, 2.24) is 0 Å². The molecule has 0 radical (unpaired) electrons. The molecule has 20 heavy (non-hydrogen) atoms. The first kappa shape index (κ1) is 14.4. The summed E-state index contributed by atoms with van der Waals surface area (Å²) in [6, 6.07) is 4.76. The fraction of sp³-hybridized carbons (Fsp3) is 0.467. The number of nitrogens with zero attached hydrogens (tertiary/aromatic N) is 1. The average Bonchev–Trinajstić information content (AvgIpc) is 2.63. The lowest BCUT2D eigenvalue weighted by Crippen LogP contribution is -2.42. The molecular weight excluding hydrogens is 256 g/mol. The highest BCUT2D eigenvalue weighted by molar-refractivity contribution is 5.99. The lowest BCUT2D eigenvalue weighted by molar-refractivity contribution is -0.138. The SMILES string of the molecule is Cc1ccc(C(N)=O)c(N2CCCCCC2C(=O)O)c1. The summed E-state index contributed by atoms with van der Waals surface area (Å²) in [5.41, 5.74) is 7.44. The van der Waals surface area contributed by atoms with Crippen LogP contribution >= 0.6 is 0 Å². The highest BCUT2D eigenvalue weighted by Gasteiger charge is 2.29. The van der Waals surface area contributed by atoms with Crippen LogP contribution in [0.2, 0.25) is 0 Å². The Kier molecular flexibility index (Phi) is 4.27. The summed E-state index contributed by atoms with van der Waals surface area (Å²) < 4.78 is 0. The monoisotopic (exact) mass is 276 g/mol. The van der Waals surface area contributed by atoms with Crippen molar-refractivity contribution >= 4 is 17.6 Å². The van der Waals surface area contributed by atoms with Crippen LogP contribution in [0.5, 0.6) is 0 Å². The zero-order valence-corrected chi connectivity index (χ0v) is 11.6. The van der Waals surface area contributed by atoms with Gasteiger partial charge in [-0.25, -0.2) is 4.79 Å². The molecule has 1 atom stereocenters. The van der Waals surface area contributed by atoms with Crippen LogP contribution in [-0.2, 0) is 4.79 Å². The molecule has 0 bridgehead atoms. The molecule has 5 heteroatoms. The third kappa shape index (κ3) is 2.92. The van der Waals surface area contributed by atoms with Gasteiger partial charge in [-0.3, -0.25) is 4.79 Å². The van der Waals surface area contributed by atoms with E-state index in [1.807, 2.05) is 24.0 Å². The second-order valence-corrected chi connectivity index (χ2v) is 5.28. The molecule has 1 aliphatic rings. The van der Waals surface area contributed by atoms with Gasteiger partial charge in [0.1, 0.15) is 6.04 Å². The summed E-state index contributed by atoms with van der Waals surface area (Å²) in [7, 11) is 0. The van der Waals surface area contributed by atoms with Gasteiger partial charge in [-0.05, 0) is 37.5 Å². The molecule has 5 nitrogen and oxygen atoms in total. The molecule has 0 aliphatic carbocycles. The van der Waals surface area contributed by atoms with Gasteiger partial charge < -0.3 is 15.7 Å². The maximum Gasteiger partial charge on any atom is 0.326 e. The van der Waals surface area contributed by atoms with E-state index in [9.17, 15) is 14.7 Å². The van der Waals surface area contributed by atoms with Crippen molar-refractivity contribution in [2.24, 2.45) is 5.73 Å². The van der Waals surface area contributed by atoms with Crippen molar-refractivity contribution in [3.05, 3.63) is 29.3 Å². The largest absolute Gasteiger partial charge is 0.480 e. The lowest BCUT2D eigenvalue weighted by Gasteiger charge is -2.30. The Hall–Kier alpha value is -2.04. The van der Waals surface area contributed by atoms with Gasteiger partial charge in [0.25, 0.3) is 5.91 Å². The normalized spacial score (nSPS) is 19.4. The van der Waals surface area contributed by atoms with E-state index in [2.05, 4.69) is 0 Å². The highest BCUT2D eigenvalue weighted by atomic mass is 16.4. The number of hydrogen-bond donors (Lipinski definition) is 2. The predicted molar refractivity (Wildman–Crippen MR) is 76.9 cm³/mol. The molecule has 1 aromatic carbocycles. The van der Waals surface area contributed by atoms with Gasteiger partial charge in [0, 0.05) is 6.54 Å². The number of benzene rings is 1. The predicted octanol–water partition coefficient (Wildman–Crippen LogP) is 1.93. The van der Waals surface area contributed by atoms with Crippen molar-refractivity contribution in [2.75, 3.05) is 11.4 Å². The Bertz CT molecular complexity index is 528. The first-order valence-electron chi connectivity index (χ1n) is 6.90. The summed E-state index contributed by atoms with van der Waals surface area (Å²) in [5, 5.41) is 9.44. The summed E-state index contributed by atoms with van der Waals surface area (Å²) >= 11 is 0. The molecule has 0 saturated carbocycles. The van der Waals surface area contributed by atoms with Crippen LogP contribution < -0.4 is 10.6 Å². The summed E-state index contributed by atoms with van der Waals surface area (Å²) in [5.74, 6) is -1.36. The van der Waals surface area contributed by atoms with Crippen LogP contribution in [0.4, 0.5) is 5.69 Å². The number of carboxylic acids is 1. The Labute approximate surface area is 118 Å². The van der Waals surface area contributed by atoms with E-state index < -0.39 is 17.9 Å². The van der Waals surface area contributed by atoms with Crippen molar-refractivity contribution in [3.8, 4) is 0 Å². The van der Waals surface area contributed by atoms with Gasteiger partial charge in [0.05, 0.1) is 11.3 Å². The number of aryl methyl sites for hydroxylation is 1. The smallest absolute Gasteiger partial charge is 0.326 e. The lowest BCUT2D eigenvalue weighted by atomic mass is 10.0. The Morgan fingerprint density at radius 2 is 2.05 bits per heavy atom. The van der Waals surface area contributed by atoms with Crippen molar-refractivity contribution in [1.29, 1.82) is 0 Å². The van der Waals surface area contributed by atoms with E-state index in [4.69, 9.17) is 5.73 Å². The number of aliphatic carboxylic acids is 1. The average molecular weight is 276 g/mol. The zero-order chi connectivity index (χ0) is 14.7. The van der Waals surface area contributed by atoms with Crippen molar-refractivity contribution in [3.63, 3.8) is 0 Å². The Morgan fingerprint density at radius 3 is 2.70 bits per heavy atom. The third-order valence-corrected chi connectivity index (χ3v) is 3.77. The number of carboxylic acid groups (broad SMARTS) is 1. The van der Waals surface area contributed by atoms with E-state index in [0.29, 0.717) is 24.2 Å². The highest BCUT2D eigenvalue weighted by Crippen LogP contribution is 2.28. The van der Waals surface area contributed by atoms with E-state index in [0.717, 1.165) is 24.8 Å². The van der Waals surface area contributed by atoms with E-state index in [1.54, 1.807) is 6.07 Å². The summed E-state index contributed by atoms with van der Waals surface area (Å²) in [4.78, 5) is 24.9. The van der Waals surface area contributed by atoms with Gasteiger partial charge in [-0.2, -0.15) is 0 Å². The maximum atomic E-state index is 11.6. The second-order valence-electron chi connectivity index (χ2n) is 5.28. The van der Waals surface area contributed by atoms with Gasteiger partial charge in [-0.1, -0.05) is 18.9 Å². The first-order valence-corrected chi connectivity index (χ1v) is 6.90. The van der Waals surface area contributed by atoms with Gasteiger partial charge >= 0.3 is 5.97 Å². The minimum atomic E-state index is -0.844. The number of nitrogens with two attached hydrogens (primary N) is 1. The zero-order valence-electron chi connectivity index (χ0n) is 11.6. The molecule has 1 aromatic rings. The molecule has 3 N–H and O–H groups in total. The number of amides is 1. The van der Waals surface area contributed by atoms with E-state index in [-0.39, 0.29) is 0 Å². The molecule has 1 saturated heterocycles. The fourth-order valence-electron chi connectivity index (χ4n) is 2.74. The molecule has 1 heterocycles. The number of carbonyl (C=O) groups is 2. The molecule has 1 aliphatic heterocycles. The molecule has 108 valence electrons. The molecule has 1 fully saturated rings. The first-order chi connectivity index (χ1) is 9.50. The number of anilines is 1. The molecule has 1 amide bonds. The minimum absolute atomic E-state index is 0.392. The minimum Gasteiger partial charge on any atom is -0.480 e. The number of primary amides is 1. The molecule has 0 aromatic heterocycles. The summed E-state index contributed by atoms with van der Waals surface area (Å²) in [6.07, 6.45) is 3.43. The number of carbonyl (C=O) groups excluding carboxylic acids is 1. The maximum absolute atomic E-state index is 11.6. The Morgan fingerprint density at radius 1 is 1.30 bits per heavy atom. The van der Waals surface area contributed by atoms with E-state index in [1.165, 1.54) is 0 Å². The van der Waals surface area contributed by atoms with Crippen LogP contribution in [0.1, 0.15) is 41.6 Å². The Balaban J connectivity index is 2.47. The number of rotatable bonds is 3. The third-order valence-electron chi connectivity index (χ3n) is 3.77. The summed E-state index contributed by atoms with van der Waals surface area (Å²) in [6.45, 7) is 2.56. The number of hydrogen-bond acceptors (Lipinski definition) is 3. The van der Waals surface area contributed by atoms with Gasteiger partial charge in [-0.15, -0.1) is 0 Å². The molecule has 2 rings (SSSR count). The van der Waals surface area contributed by atoms with E-state index >= 15 is 0 Å². The van der Waals surface area contributed by atoms with Crippen LogP contribution in [0.3, 0.4) is 0 Å². The molecule has 1 unspecified atom stereocenters. The van der Waals surface area contributed by atoms with Gasteiger partial charge in [0.2, 0.25) is 0 Å². The quantitative estimate of drug-likeness (QED) is 0.883.